The van der Waals surface area contributed by atoms with Gasteiger partial charge in [0.2, 0.25) is 5.91 Å². The number of likely N-dealkylation sites (N-methyl/N-ethyl adjacent to an activating group) is 1. The lowest BCUT2D eigenvalue weighted by Crippen LogP contribution is -2.45. The van der Waals surface area contributed by atoms with E-state index in [0.717, 1.165) is 38.5 Å². The Bertz CT molecular complexity index is 1190. The maximum absolute atomic E-state index is 12.9. The molecule has 0 aliphatic rings. The molecule has 0 aromatic heterocycles. The van der Waals surface area contributed by atoms with Crippen LogP contribution in [0.5, 0.6) is 0 Å². The molecule has 0 heterocycles. The highest BCUT2D eigenvalue weighted by molar-refractivity contribution is 7.45. The molecule has 0 aromatic rings. The van der Waals surface area contributed by atoms with E-state index >= 15 is 0 Å². The number of carbonyl (C=O) groups is 1. The molecule has 0 saturated heterocycles. The van der Waals surface area contributed by atoms with E-state index < -0.39 is 26.6 Å². The van der Waals surface area contributed by atoms with Gasteiger partial charge in [-0.05, 0) is 57.8 Å². The third-order valence-corrected chi connectivity index (χ3v) is 14.0. The Kier molecular flexibility index (Phi) is 48.7. The molecule has 2 N–H and O–H groups in total. The zero-order chi connectivity index (χ0) is 49.2. The maximum atomic E-state index is 12.9. The van der Waals surface area contributed by atoms with E-state index in [4.69, 9.17) is 9.05 Å². The van der Waals surface area contributed by atoms with Crippen molar-refractivity contribution in [3.63, 3.8) is 0 Å². The van der Waals surface area contributed by atoms with E-state index in [0.29, 0.717) is 17.4 Å². The summed E-state index contributed by atoms with van der Waals surface area (Å²) in [5.41, 5.74) is 0. The summed E-state index contributed by atoms with van der Waals surface area (Å²) in [7, 11) is 1.25. The normalized spacial score (nSPS) is 14.2. The molecule has 0 saturated carbocycles. The zero-order valence-corrected chi connectivity index (χ0v) is 46.0. The molecule has 0 fully saturated rings. The lowest BCUT2D eigenvalue weighted by atomic mass is 10.0. The molecule has 0 aromatic carbocycles. The SMILES string of the molecule is CCCCCC/C=C/CC/C=C/C(O)C(COP(=O)([O-])OCC[N+](C)(C)C)NC(=O)CCCCCCCCCCCCCCCCCCCCCCCCC/C=C\CCCCCCCCCC. The van der Waals surface area contributed by atoms with Crippen molar-refractivity contribution in [1.29, 1.82) is 0 Å². The van der Waals surface area contributed by atoms with Crippen LogP contribution < -0.4 is 10.2 Å². The second kappa shape index (κ2) is 49.7. The number of quaternary nitrogens is 1. The van der Waals surface area contributed by atoms with Gasteiger partial charge in [-0.3, -0.25) is 9.36 Å². The largest absolute Gasteiger partial charge is 0.756 e. The van der Waals surface area contributed by atoms with Gasteiger partial charge < -0.3 is 28.8 Å². The molecule has 0 radical (unpaired) electrons. The van der Waals surface area contributed by atoms with Gasteiger partial charge in [-0.1, -0.05) is 249 Å². The lowest BCUT2D eigenvalue weighted by molar-refractivity contribution is -0.870. The molecular weight excluding hydrogens is 852 g/mol. The van der Waals surface area contributed by atoms with Crippen LogP contribution in [-0.4, -0.2) is 68.5 Å². The number of rotatable bonds is 53. The third-order valence-electron chi connectivity index (χ3n) is 13.1. The van der Waals surface area contributed by atoms with Gasteiger partial charge in [-0.25, -0.2) is 0 Å². The fourth-order valence-corrected chi connectivity index (χ4v) is 9.24. The first-order valence-electron chi connectivity index (χ1n) is 28.9. The number of unbranched alkanes of at least 4 members (excludes halogenated alkanes) is 36. The summed E-state index contributed by atoms with van der Waals surface area (Å²) < 4.78 is 23.2. The fraction of sp³-hybridized carbons (Fsp3) is 0.879. The van der Waals surface area contributed by atoms with Gasteiger partial charge in [0.05, 0.1) is 39.9 Å². The molecule has 396 valence electrons. The van der Waals surface area contributed by atoms with Gasteiger partial charge in [0.15, 0.2) is 0 Å². The number of nitrogens with zero attached hydrogens (tertiary/aromatic N) is 1. The first kappa shape index (κ1) is 65.7. The summed E-state index contributed by atoms with van der Waals surface area (Å²) in [4.78, 5) is 25.4. The van der Waals surface area contributed by atoms with E-state index in [-0.39, 0.29) is 12.5 Å². The van der Waals surface area contributed by atoms with Gasteiger partial charge in [0, 0.05) is 6.42 Å². The molecule has 0 aliphatic heterocycles. The molecule has 0 spiro atoms. The van der Waals surface area contributed by atoms with Crippen LogP contribution in [0, 0.1) is 0 Å². The van der Waals surface area contributed by atoms with E-state index in [1.807, 2.05) is 27.2 Å². The summed E-state index contributed by atoms with van der Waals surface area (Å²) in [5.74, 6) is -0.205. The van der Waals surface area contributed by atoms with Gasteiger partial charge in [-0.15, -0.1) is 0 Å². The lowest BCUT2D eigenvalue weighted by Gasteiger charge is -2.29. The molecule has 8 nitrogen and oxygen atoms in total. The number of aliphatic hydroxyl groups is 1. The minimum Gasteiger partial charge on any atom is -0.756 e. The quantitative estimate of drug-likeness (QED) is 0.0272. The number of aliphatic hydroxyl groups excluding tert-OH is 1. The number of phosphoric ester groups is 1. The maximum Gasteiger partial charge on any atom is 0.268 e. The molecule has 0 bridgehead atoms. The predicted octanol–water partition coefficient (Wildman–Crippen LogP) is 16.7. The topological polar surface area (TPSA) is 108 Å². The van der Waals surface area contributed by atoms with Gasteiger partial charge >= 0.3 is 0 Å². The van der Waals surface area contributed by atoms with Crippen LogP contribution in [0.1, 0.15) is 277 Å². The molecule has 1 amide bonds. The first-order chi connectivity index (χ1) is 32.5. The summed E-state index contributed by atoms with van der Waals surface area (Å²) in [5, 5.41) is 13.8. The second-order valence-corrected chi connectivity index (χ2v) is 22.4. The van der Waals surface area contributed by atoms with Crippen LogP contribution in [0.3, 0.4) is 0 Å². The van der Waals surface area contributed by atoms with E-state index in [2.05, 4.69) is 43.5 Å². The van der Waals surface area contributed by atoms with Crippen LogP contribution in [0.2, 0.25) is 0 Å². The second-order valence-electron chi connectivity index (χ2n) is 21.0. The third kappa shape index (κ3) is 52.4. The van der Waals surface area contributed by atoms with Crippen molar-refractivity contribution in [2.75, 3.05) is 40.9 Å². The molecular formula is C58H113N2O6P. The number of allylic oxidation sites excluding steroid dienone is 5. The van der Waals surface area contributed by atoms with Gasteiger partial charge in [0.25, 0.3) is 7.82 Å². The number of amides is 1. The van der Waals surface area contributed by atoms with E-state index in [1.165, 1.54) is 218 Å². The van der Waals surface area contributed by atoms with E-state index in [9.17, 15) is 19.4 Å². The van der Waals surface area contributed by atoms with Crippen molar-refractivity contribution in [2.24, 2.45) is 0 Å². The van der Waals surface area contributed by atoms with Crippen molar-refractivity contribution in [2.45, 2.75) is 289 Å². The fourth-order valence-electron chi connectivity index (χ4n) is 8.52. The molecule has 9 heteroatoms. The number of hydrogen-bond donors (Lipinski definition) is 2. The van der Waals surface area contributed by atoms with Crippen LogP contribution >= 0.6 is 7.82 Å². The molecule has 0 aliphatic carbocycles. The smallest absolute Gasteiger partial charge is 0.268 e. The van der Waals surface area contributed by atoms with Crippen LogP contribution in [-0.2, 0) is 18.4 Å². The minimum atomic E-state index is -4.59. The Hall–Kier alpha value is -1.28. The van der Waals surface area contributed by atoms with Crippen molar-refractivity contribution in [3.8, 4) is 0 Å². The summed E-state index contributed by atoms with van der Waals surface area (Å²) in [6.45, 7) is 4.61. The van der Waals surface area contributed by atoms with Crippen molar-refractivity contribution in [3.05, 3.63) is 36.5 Å². The van der Waals surface area contributed by atoms with Crippen LogP contribution in [0.25, 0.3) is 0 Å². The number of nitrogens with one attached hydrogen (secondary N) is 1. The van der Waals surface area contributed by atoms with Crippen molar-refractivity contribution >= 4 is 13.7 Å². The van der Waals surface area contributed by atoms with Crippen molar-refractivity contribution in [1.82, 2.24) is 5.32 Å². The van der Waals surface area contributed by atoms with Crippen molar-refractivity contribution < 1.29 is 32.9 Å². The predicted molar refractivity (Wildman–Crippen MR) is 288 cm³/mol. The number of hydrogen-bond acceptors (Lipinski definition) is 6. The number of phosphoric acid groups is 1. The number of carbonyl (C=O) groups excluding carboxylic acids is 1. The highest BCUT2D eigenvalue weighted by Crippen LogP contribution is 2.38. The monoisotopic (exact) mass is 965 g/mol. The summed E-state index contributed by atoms with van der Waals surface area (Å²) in [6, 6.07) is -0.899. The van der Waals surface area contributed by atoms with Crippen LogP contribution in [0.4, 0.5) is 0 Å². The Morgan fingerprint density at radius 3 is 1.22 bits per heavy atom. The minimum absolute atomic E-state index is 0.00517. The van der Waals surface area contributed by atoms with Crippen LogP contribution in [0.15, 0.2) is 36.5 Å². The molecule has 0 rings (SSSR count). The Labute approximate surface area is 417 Å². The summed E-state index contributed by atoms with van der Waals surface area (Å²) in [6.07, 6.45) is 64.1. The zero-order valence-electron chi connectivity index (χ0n) is 45.1. The summed E-state index contributed by atoms with van der Waals surface area (Å²) >= 11 is 0. The van der Waals surface area contributed by atoms with Gasteiger partial charge in [0.1, 0.15) is 13.2 Å². The first-order valence-corrected chi connectivity index (χ1v) is 30.3. The standard InChI is InChI=1S/C58H113N2O6P/c1-6-8-10-12-14-16-18-19-20-21-22-23-24-25-26-27-28-29-30-31-32-33-34-35-36-37-38-39-40-41-42-44-46-48-50-52-58(62)59-56(55-66-67(63,64)65-54-53-60(3,4)5)57(61)51-49-47-45-43-17-15-13-11-9-7-2/h17,21-22,43,49,51,56-57,61H,6-16,18-20,23-42,44-48,50,52-55H2,1-5H3,(H-,59,62,63,64)/b22-21-,43-17+,51-49+. The highest BCUT2D eigenvalue weighted by Gasteiger charge is 2.23. The Balaban J connectivity index is 3.88. The van der Waals surface area contributed by atoms with E-state index in [1.54, 1.807) is 6.08 Å². The average molecular weight is 966 g/mol. The molecule has 3 atom stereocenters. The Morgan fingerprint density at radius 2 is 0.836 bits per heavy atom. The average Bonchev–Trinajstić information content (AvgIpc) is 3.29. The Morgan fingerprint density at radius 1 is 0.507 bits per heavy atom. The molecule has 67 heavy (non-hydrogen) atoms. The molecule has 3 unspecified atom stereocenters. The van der Waals surface area contributed by atoms with Gasteiger partial charge in [-0.2, -0.15) is 0 Å². The highest BCUT2D eigenvalue weighted by atomic mass is 31.2.